The van der Waals surface area contributed by atoms with Crippen LogP contribution in [-0.4, -0.2) is 48.2 Å². The average molecular weight is 336 g/mol. The Morgan fingerprint density at radius 1 is 0.810 bits per heavy atom. The van der Waals surface area contributed by atoms with E-state index in [1.165, 1.54) is 0 Å². The standard InChI is InChI=1S/C11H20N4O4S2/c12-8(16)6(4-20)10(18)14-2-1-3-15-11(19)7(5-21)9(13)17/h6-7,20-21H,1-5H2,(H2,12,16)(H2,13,17)(H,14,18)(H,15,19). The Hall–Kier alpha value is -1.42. The number of hydrogen-bond donors (Lipinski definition) is 6. The number of amides is 4. The van der Waals surface area contributed by atoms with Crippen LogP contribution in [0.25, 0.3) is 0 Å². The molecule has 0 saturated carbocycles. The molecule has 120 valence electrons. The SMILES string of the molecule is NC(=O)C(CS)C(=O)NCCCNC(=O)C(CS)C(N)=O. The van der Waals surface area contributed by atoms with Gasteiger partial charge in [0, 0.05) is 24.6 Å². The summed E-state index contributed by atoms with van der Waals surface area (Å²) < 4.78 is 0. The first-order chi connectivity index (χ1) is 9.84. The van der Waals surface area contributed by atoms with Crippen molar-refractivity contribution in [2.45, 2.75) is 6.42 Å². The van der Waals surface area contributed by atoms with Crippen LogP contribution in [-0.2, 0) is 19.2 Å². The minimum Gasteiger partial charge on any atom is -0.369 e. The number of carbonyl (C=O) groups excluding carboxylic acids is 4. The van der Waals surface area contributed by atoms with Crippen LogP contribution < -0.4 is 22.1 Å². The Kier molecular flexibility index (Phi) is 9.63. The lowest BCUT2D eigenvalue weighted by Crippen LogP contribution is -2.42. The molecule has 0 rings (SSSR count). The van der Waals surface area contributed by atoms with Crippen LogP contribution in [0, 0.1) is 11.8 Å². The topological polar surface area (TPSA) is 144 Å². The summed E-state index contributed by atoms with van der Waals surface area (Å²) in [4.78, 5) is 44.9. The van der Waals surface area contributed by atoms with Crippen molar-refractivity contribution < 1.29 is 19.2 Å². The van der Waals surface area contributed by atoms with Gasteiger partial charge in [0.25, 0.3) is 0 Å². The molecule has 0 aromatic carbocycles. The van der Waals surface area contributed by atoms with Gasteiger partial charge in [-0.05, 0) is 6.42 Å². The molecule has 0 bridgehead atoms. The highest BCUT2D eigenvalue weighted by Crippen LogP contribution is 1.99. The van der Waals surface area contributed by atoms with Crippen LogP contribution in [0.4, 0.5) is 0 Å². The van der Waals surface area contributed by atoms with Gasteiger partial charge in [0.1, 0.15) is 11.8 Å². The molecule has 8 nitrogen and oxygen atoms in total. The van der Waals surface area contributed by atoms with E-state index >= 15 is 0 Å². The zero-order chi connectivity index (χ0) is 16.4. The Morgan fingerprint density at radius 2 is 1.14 bits per heavy atom. The zero-order valence-electron chi connectivity index (χ0n) is 11.4. The molecule has 0 aliphatic carbocycles. The van der Waals surface area contributed by atoms with E-state index in [0.717, 1.165) is 0 Å². The maximum absolute atomic E-state index is 11.5. The van der Waals surface area contributed by atoms with Gasteiger partial charge in [0.2, 0.25) is 23.6 Å². The Balaban J connectivity index is 3.96. The maximum atomic E-state index is 11.5. The normalized spacial score (nSPS) is 13.0. The van der Waals surface area contributed by atoms with Gasteiger partial charge in [-0.25, -0.2) is 0 Å². The highest BCUT2D eigenvalue weighted by molar-refractivity contribution is 7.80. The third kappa shape index (κ3) is 7.23. The largest absolute Gasteiger partial charge is 0.369 e. The minimum atomic E-state index is -0.980. The molecule has 0 heterocycles. The molecule has 4 amide bonds. The Bertz CT molecular complexity index is 370. The summed E-state index contributed by atoms with van der Waals surface area (Å²) in [6.07, 6.45) is 0.424. The molecular weight excluding hydrogens is 316 g/mol. The van der Waals surface area contributed by atoms with Crippen LogP contribution in [0.15, 0.2) is 0 Å². The van der Waals surface area contributed by atoms with Crippen molar-refractivity contribution in [2.75, 3.05) is 24.6 Å². The van der Waals surface area contributed by atoms with Crippen LogP contribution in [0.1, 0.15) is 6.42 Å². The van der Waals surface area contributed by atoms with Gasteiger partial charge in [0.15, 0.2) is 0 Å². The molecule has 0 spiro atoms. The number of thiol groups is 2. The molecule has 2 atom stereocenters. The lowest BCUT2D eigenvalue weighted by molar-refractivity contribution is -0.133. The molecule has 0 fully saturated rings. The Labute approximate surface area is 133 Å². The van der Waals surface area contributed by atoms with Crippen molar-refractivity contribution in [3.8, 4) is 0 Å². The van der Waals surface area contributed by atoms with E-state index in [4.69, 9.17) is 11.5 Å². The van der Waals surface area contributed by atoms with Crippen molar-refractivity contribution in [2.24, 2.45) is 23.3 Å². The second-order valence-electron chi connectivity index (χ2n) is 4.21. The summed E-state index contributed by atoms with van der Waals surface area (Å²) in [7, 11) is 0. The van der Waals surface area contributed by atoms with E-state index in [0.29, 0.717) is 6.42 Å². The molecule has 0 aromatic rings. The van der Waals surface area contributed by atoms with Gasteiger partial charge < -0.3 is 22.1 Å². The molecule has 2 unspecified atom stereocenters. The van der Waals surface area contributed by atoms with E-state index < -0.39 is 35.5 Å². The fraction of sp³-hybridized carbons (Fsp3) is 0.636. The van der Waals surface area contributed by atoms with Gasteiger partial charge in [-0.15, -0.1) is 0 Å². The van der Waals surface area contributed by atoms with Crippen molar-refractivity contribution in [1.82, 2.24) is 10.6 Å². The summed E-state index contributed by atoms with van der Waals surface area (Å²) in [5, 5.41) is 5.02. The number of rotatable bonds is 10. The molecular formula is C11H20N4O4S2. The summed E-state index contributed by atoms with van der Waals surface area (Å²) in [5.41, 5.74) is 10.1. The third-order valence-electron chi connectivity index (χ3n) is 2.64. The highest BCUT2D eigenvalue weighted by Gasteiger charge is 2.23. The highest BCUT2D eigenvalue weighted by atomic mass is 32.1. The van der Waals surface area contributed by atoms with Crippen LogP contribution in [0.3, 0.4) is 0 Å². The fourth-order valence-corrected chi connectivity index (χ4v) is 2.05. The molecule has 0 aromatic heterocycles. The average Bonchev–Trinajstić information content (AvgIpc) is 2.38. The summed E-state index contributed by atoms with van der Waals surface area (Å²) in [6, 6.07) is 0. The lowest BCUT2D eigenvalue weighted by atomic mass is 10.1. The number of nitrogens with two attached hydrogens (primary N) is 2. The maximum Gasteiger partial charge on any atom is 0.233 e. The summed E-state index contributed by atoms with van der Waals surface area (Å²) in [5.74, 6) is -4.40. The molecule has 6 N–H and O–H groups in total. The fourth-order valence-electron chi connectivity index (χ4n) is 1.36. The first-order valence-corrected chi connectivity index (χ1v) is 7.47. The van der Waals surface area contributed by atoms with Crippen LogP contribution in [0.5, 0.6) is 0 Å². The molecule has 0 aliphatic heterocycles. The minimum absolute atomic E-state index is 0.0279. The molecule has 21 heavy (non-hydrogen) atoms. The predicted molar refractivity (Wildman–Crippen MR) is 83.7 cm³/mol. The van der Waals surface area contributed by atoms with Crippen molar-refractivity contribution in [3.05, 3.63) is 0 Å². The van der Waals surface area contributed by atoms with Crippen molar-refractivity contribution in [3.63, 3.8) is 0 Å². The molecule has 0 saturated heterocycles. The van der Waals surface area contributed by atoms with E-state index in [-0.39, 0.29) is 24.6 Å². The number of carbonyl (C=O) groups is 4. The van der Waals surface area contributed by atoms with Crippen molar-refractivity contribution >= 4 is 48.9 Å². The van der Waals surface area contributed by atoms with Gasteiger partial charge in [-0.3, -0.25) is 19.2 Å². The van der Waals surface area contributed by atoms with Crippen LogP contribution in [0.2, 0.25) is 0 Å². The predicted octanol–water partition coefficient (Wildman–Crippen LogP) is -2.33. The van der Waals surface area contributed by atoms with E-state index in [1.807, 2.05) is 0 Å². The lowest BCUT2D eigenvalue weighted by Gasteiger charge is -2.13. The number of hydrogen-bond acceptors (Lipinski definition) is 6. The van der Waals surface area contributed by atoms with Crippen molar-refractivity contribution in [1.29, 1.82) is 0 Å². The second-order valence-corrected chi connectivity index (χ2v) is 4.94. The number of nitrogens with one attached hydrogen (secondary N) is 2. The molecule has 0 radical (unpaired) electrons. The molecule has 10 heteroatoms. The summed E-state index contributed by atoms with van der Waals surface area (Å²) in [6.45, 7) is 0.498. The quantitative estimate of drug-likeness (QED) is 0.151. The second kappa shape index (κ2) is 10.3. The monoisotopic (exact) mass is 336 g/mol. The summed E-state index contributed by atoms with van der Waals surface area (Å²) >= 11 is 7.73. The van der Waals surface area contributed by atoms with E-state index in [1.54, 1.807) is 0 Å². The zero-order valence-corrected chi connectivity index (χ0v) is 13.2. The van der Waals surface area contributed by atoms with Gasteiger partial charge in [-0.2, -0.15) is 25.3 Å². The van der Waals surface area contributed by atoms with Gasteiger partial charge in [0.05, 0.1) is 0 Å². The van der Waals surface area contributed by atoms with Crippen LogP contribution >= 0.6 is 25.3 Å². The number of primary amides is 2. The van der Waals surface area contributed by atoms with E-state index in [2.05, 4.69) is 35.9 Å². The molecule has 0 aliphatic rings. The first-order valence-electron chi connectivity index (χ1n) is 6.20. The Morgan fingerprint density at radius 3 is 1.38 bits per heavy atom. The third-order valence-corrected chi connectivity index (χ3v) is 3.37. The smallest absolute Gasteiger partial charge is 0.233 e. The van der Waals surface area contributed by atoms with E-state index in [9.17, 15) is 19.2 Å². The van der Waals surface area contributed by atoms with Gasteiger partial charge in [-0.1, -0.05) is 0 Å². The first kappa shape index (κ1) is 19.6. The van der Waals surface area contributed by atoms with Gasteiger partial charge >= 0.3 is 0 Å².